The minimum absolute atomic E-state index is 0.271. The van der Waals surface area contributed by atoms with Crippen molar-refractivity contribution in [3.8, 4) is 0 Å². The first kappa shape index (κ1) is 17.1. The summed E-state index contributed by atoms with van der Waals surface area (Å²) in [5, 5.41) is 30.3. The highest BCUT2D eigenvalue weighted by Gasteiger charge is 2.50. The molecule has 1 aliphatic carbocycles. The molecule has 2 aromatic rings. The summed E-state index contributed by atoms with van der Waals surface area (Å²) in [7, 11) is 0. The van der Waals surface area contributed by atoms with E-state index in [1.807, 2.05) is 60.7 Å². The van der Waals surface area contributed by atoms with Crippen LogP contribution in [0.4, 0.5) is 0 Å². The Hall–Kier alpha value is -1.76. The molecule has 0 bridgehead atoms. The largest absolute Gasteiger partial charge is 0.387 e. The summed E-state index contributed by atoms with van der Waals surface area (Å²) < 4.78 is 11.5. The van der Waals surface area contributed by atoms with E-state index in [0.717, 1.165) is 11.1 Å². The monoisotopic (exact) mass is 330 g/mol. The van der Waals surface area contributed by atoms with Gasteiger partial charge < -0.3 is 24.8 Å². The van der Waals surface area contributed by atoms with Gasteiger partial charge in [0.05, 0.1) is 13.2 Å². The van der Waals surface area contributed by atoms with Gasteiger partial charge in [-0.3, -0.25) is 0 Å². The molecule has 1 aliphatic rings. The third-order valence-corrected chi connectivity index (χ3v) is 4.27. The van der Waals surface area contributed by atoms with E-state index in [4.69, 9.17) is 9.47 Å². The van der Waals surface area contributed by atoms with E-state index in [1.54, 1.807) is 0 Å². The van der Waals surface area contributed by atoms with E-state index >= 15 is 0 Å². The van der Waals surface area contributed by atoms with Crippen LogP contribution in [0.1, 0.15) is 11.1 Å². The third-order valence-electron chi connectivity index (χ3n) is 4.27. The van der Waals surface area contributed by atoms with Crippen LogP contribution in [0.25, 0.3) is 0 Å². The highest BCUT2D eigenvalue weighted by atomic mass is 16.6. The topological polar surface area (TPSA) is 79.2 Å². The number of benzene rings is 2. The number of ether oxygens (including phenoxy) is 2. The first-order valence-corrected chi connectivity index (χ1v) is 8.02. The van der Waals surface area contributed by atoms with E-state index in [-0.39, 0.29) is 13.2 Å². The lowest BCUT2D eigenvalue weighted by Gasteiger charge is -2.24. The van der Waals surface area contributed by atoms with Crippen molar-refractivity contribution in [3.63, 3.8) is 0 Å². The number of rotatable bonds is 6. The van der Waals surface area contributed by atoms with Gasteiger partial charge in [0.2, 0.25) is 0 Å². The zero-order chi connectivity index (χ0) is 16.9. The van der Waals surface area contributed by atoms with E-state index in [9.17, 15) is 15.3 Å². The molecule has 0 aromatic heterocycles. The fourth-order valence-corrected chi connectivity index (χ4v) is 2.90. The van der Waals surface area contributed by atoms with Crippen LogP contribution >= 0.6 is 0 Å². The van der Waals surface area contributed by atoms with E-state index < -0.39 is 30.5 Å². The zero-order valence-electron chi connectivity index (χ0n) is 13.2. The molecule has 2 aromatic carbocycles. The van der Waals surface area contributed by atoms with E-state index in [1.165, 1.54) is 0 Å². The lowest BCUT2D eigenvalue weighted by molar-refractivity contribution is -0.121. The van der Waals surface area contributed by atoms with Crippen LogP contribution in [0.3, 0.4) is 0 Å². The predicted octanol–water partition coefficient (Wildman–Crippen LogP) is 1.25. The maximum absolute atomic E-state index is 10.2. The van der Waals surface area contributed by atoms with E-state index in [0.29, 0.717) is 0 Å². The van der Waals surface area contributed by atoms with Gasteiger partial charge in [-0.15, -0.1) is 0 Å². The summed E-state index contributed by atoms with van der Waals surface area (Å²) >= 11 is 0. The molecule has 0 amide bonds. The van der Waals surface area contributed by atoms with Crippen molar-refractivity contribution in [2.75, 3.05) is 0 Å². The molecule has 5 nitrogen and oxygen atoms in total. The first-order valence-electron chi connectivity index (χ1n) is 8.02. The molecule has 128 valence electrons. The summed E-state index contributed by atoms with van der Waals surface area (Å²) in [6.45, 7) is 0.542. The van der Waals surface area contributed by atoms with Crippen molar-refractivity contribution in [2.45, 2.75) is 43.7 Å². The number of aliphatic hydroxyl groups excluding tert-OH is 3. The van der Waals surface area contributed by atoms with Gasteiger partial charge in [0.1, 0.15) is 30.5 Å². The Balaban J connectivity index is 1.64. The smallest absolute Gasteiger partial charge is 0.115 e. The molecular weight excluding hydrogens is 308 g/mol. The fourth-order valence-electron chi connectivity index (χ4n) is 2.90. The summed E-state index contributed by atoms with van der Waals surface area (Å²) in [6, 6.07) is 19.1. The van der Waals surface area contributed by atoms with Crippen molar-refractivity contribution < 1.29 is 24.8 Å². The molecule has 24 heavy (non-hydrogen) atoms. The van der Waals surface area contributed by atoms with Crippen LogP contribution in [0.2, 0.25) is 0 Å². The molecule has 1 unspecified atom stereocenters. The zero-order valence-corrected chi connectivity index (χ0v) is 13.2. The Labute approximate surface area is 141 Å². The average molecular weight is 330 g/mol. The molecule has 1 saturated carbocycles. The number of hydrogen-bond acceptors (Lipinski definition) is 5. The van der Waals surface area contributed by atoms with Gasteiger partial charge in [-0.1, -0.05) is 60.7 Å². The van der Waals surface area contributed by atoms with Gasteiger partial charge in [-0.05, 0) is 11.1 Å². The maximum atomic E-state index is 10.2. The van der Waals surface area contributed by atoms with Crippen LogP contribution in [-0.2, 0) is 22.7 Å². The van der Waals surface area contributed by atoms with E-state index in [2.05, 4.69) is 0 Å². The number of hydrogen-bond donors (Lipinski definition) is 3. The average Bonchev–Trinajstić information content (AvgIpc) is 2.83. The van der Waals surface area contributed by atoms with Gasteiger partial charge in [0.25, 0.3) is 0 Å². The summed E-state index contributed by atoms with van der Waals surface area (Å²) in [4.78, 5) is 0. The van der Waals surface area contributed by atoms with Crippen molar-refractivity contribution in [1.82, 2.24) is 0 Å². The summed E-state index contributed by atoms with van der Waals surface area (Å²) in [6.07, 6.45) is -5.25. The van der Waals surface area contributed by atoms with Crippen molar-refractivity contribution in [2.24, 2.45) is 0 Å². The third kappa shape index (κ3) is 3.83. The molecule has 5 atom stereocenters. The highest BCUT2D eigenvalue weighted by molar-refractivity contribution is 5.15. The molecule has 0 spiro atoms. The Kier molecular flexibility index (Phi) is 5.60. The summed E-state index contributed by atoms with van der Waals surface area (Å²) in [5.74, 6) is 0. The Bertz CT molecular complexity index is 563. The van der Waals surface area contributed by atoms with Crippen LogP contribution in [0.5, 0.6) is 0 Å². The SMILES string of the molecule is OC1[C@@H](O)[C@@H](OCc2ccccc2)[C@H](OCc2ccccc2)[C@H]1O. The fraction of sp³-hybridized carbons (Fsp3) is 0.368. The van der Waals surface area contributed by atoms with Crippen molar-refractivity contribution in [3.05, 3.63) is 71.8 Å². The molecule has 0 saturated heterocycles. The van der Waals surface area contributed by atoms with Gasteiger partial charge in [-0.25, -0.2) is 0 Å². The van der Waals surface area contributed by atoms with Crippen molar-refractivity contribution >= 4 is 0 Å². The lowest BCUT2D eigenvalue weighted by atomic mass is 10.2. The molecule has 0 heterocycles. The van der Waals surface area contributed by atoms with Crippen LogP contribution in [0, 0.1) is 0 Å². The highest BCUT2D eigenvalue weighted by Crippen LogP contribution is 2.28. The Morgan fingerprint density at radius 1 is 0.583 bits per heavy atom. The van der Waals surface area contributed by atoms with Gasteiger partial charge in [0, 0.05) is 0 Å². The molecule has 3 N–H and O–H groups in total. The Morgan fingerprint density at radius 2 is 0.958 bits per heavy atom. The second kappa shape index (κ2) is 7.88. The first-order chi connectivity index (χ1) is 11.7. The molecule has 0 aliphatic heterocycles. The van der Waals surface area contributed by atoms with Gasteiger partial charge in [-0.2, -0.15) is 0 Å². The molecule has 1 fully saturated rings. The molecule has 5 heteroatoms. The van der Waals surface area contributed by atoms with Crippen LogP contribution in [0.15, 0.2) is 60.7 Å². The predicted molar refractivity (Wildman–Crippen MR) is 88.1 cm³/mol. The molecule has 0 radical (unpaired) electrons. The Morgan fingerprint density at radius 3 is 1.33 bits per heavy atom. The van der Waals surface area contributed by atoms with Crippen LogP contribution < -0.4 is 0 Å². The van der Waals surface area contributed by atoms with Crippen LogP contribution in [-0.4, -0.2) is 45.8 Å². The lowest BCUT2D eigenvalue weighted by Crippen LogP contribution is -2.37. The maximum Gasteiger partial charge on any atom is 0.115 e. The normalized spacial score (nSPS) is 29.7. The van der Waals surface area contributed by atoms with Crippen molar-refractivity contribution in [1.29, 1.82) is 0 Å². The quantitative estimate of drug-likeness (QED) is 0.743. The minimum atomic E-state index is -1.29. The number of aliphatic hydroxyl groups is 3. The second-order valence-corrected chi connectivity index (χ2v) is 5.99. The van der Waals surface area contributed by atoms with Gasteiger partial charge in [0.15, 0.2) is 0 Å². The second-order valence-electron chi connectivity index (χ2n) is 5.99. The standard InChI is InChI=1S/C19H22O5/c20-15-16(21)18(23-11-13-7-3-1-4-8-13)19(17(15)22)24-12-14-9-5-2-6-10-14/h1-10,15-22H,11-12H2/t15?,16-,17+,18-,19-/m1/s1. The minimum Gasteiger partial charge on any atom is -0.387 e. The molecule has 3 rings (SSSR count). The molecular formula is C19H22O5. The summed E-state index contributed by atoms with van der Waals surface area (Å²) in [5.41, 5.74) is 1.89. The van der Waals surface area contributed by atoms with Gasteiger partial charge >= 0.3 is 0 Å².